The van der Waals surface area contributed by atoms with Crippen LogP contribution < -0.4 is 10.5 Å². The minimum atomic E-state index is -0.645. The molecule has 0 atom stereocenters. The Morgan fingerprint density at radius 3 is 2.30 bits per heavy atom. The number of nitro groups is 1. The number of halogens is 1. The van der Waals surface area contributed by atoms with E-state index < -0.39 is 16.2 Å². The zero-order valence-corrected chi connectivity index (χ0v) is 17.0. The SMILES string of the molecule is Cn1c(=O)c([N+](=O)[O-])c(N2CCN(C(=O)c3ccc(Cl)cc3)CC2)c2ccccc21. The average molecular weight is 427 g/mol. The number of aromatic nitrogens is 1. The second-order valence-electron chi connectivity index (χ2n) is 7.12. The third-order valence-electron chi connectivity index (χ3n) is 5.41. The molecule has 2 heterocycles. The van der Waals surface area contributed by atoms with Crippen molar-refractivity contribution in [2.75, 3.05) is 31.1 Å². The highest BCUT2D eigenvalue weighted by Crippen LogP contribution is 2.34. The summed E-state index contributed by atoms with van der Waals surface area (Å²) in [5.41, 5.74) is 0.403. The van der Waals surface area contributed by atoms with Crippen LogP contribution in [0.1, 0.15) is 10.4 Å². The molecule has 4 rings (SSSR count). The van der Waals surface area contributed by atoms with E-state index in [1.54, 1.807) is 53.4 Å². The van der Waals surface area contributed by atoms with Gasteiger partial charge in [-0.1, -0.05) is 29.8 Å². The first-order valence-electron chi connectivity index (χ1n) is 9.44. The molecule has 30 heavy (non-hydrogen) atoms. The summed E-state index contributed by atoms with van der Waals surface area (Å²) < 4.78 is 1.30. The summed E-state index contributed by atoms with van der Waals surface area (Å²) in [6.45, 7) is 1.55. The number of nitrogens with zero attached hydrogens (tertiary/aromatic N) is 4. The van der Waals surface area contributed by atoms with Gasteiger partial charge in [-0.25, -0.2) is 0 Å². The first kappa shape index (κ1) is 19.9. The standard InChI is InChI=1S/C21H19ClN4O4/c1-23-17-5-3-2-4-16(17)18(19(21(23)28)26(29)30)24-10-12-25(13-11-24)20(27)14-6-8-15(22)9-7-14/h2-9H,10-13H2,1H3. The third kappa shape index (κ3) is 3.39. The van der Waals surface area contributed by atoms with Gasteiger partial charge in [0, 0.05) is 49.2 Å². The number of carbonyl (C=O) groups excluding carboxylic acids is 1. The van der Waals surface area contributed by atoms with E-state index >= 15 is 0 Å². The van der Waals surface area contributed by atoms with Gasteiger partial charge in [-0.15, -0.1) is 0 Å². The molecule has 0 saturated carbocycles. The van der Waals surface area contributed by atoms with Crippen LogP contribution in [0.25, 0.3) is 10.9 Å². The topological polar surface area (TPSA) is 88.7 Å². The lowest BCUT2D eigenvalue weighted by molar-refractivity contribution is -0.385. The number of fused-ring (bicyclic) bond motifs is 1. The first-order valence-corrected chi connectivity index (χ1v) is 9.82. The molecule has 1 fully saturated rings. The van der Waals surface area contributed by atoms with Crippen LogP contribution in [0.3, 0.4) is 0 Å². The largest absolute Gasteiger partial charge is 0.362 e. The Morgan fingerprint density at radius 1 is 1.03 bits per heavy atom. The summed E-state index contributed by atoms with van der Waals surface area (Å²) in [7, 11) is 1.53. The highest BCUT2D eigenvalue weighted by atomic mass is 35.5. The number of anilines is 1. The van der Waals surface area contributed by atoms with Crippen molar-refractivity contribution >= 4 is 39.8 Å². The van der Waals surface area contributed by atoms with Crippen molar-refractivity contribution in [3.8, 4) is 0 Å². The minimum absolute atomic E-state index is 0.116. The van der Waals surface area contributed by atoms with Crippen LogP contribution in [-0.2, 0) is 7.05 Å². The fourth-order valence-electron chi connectivity index (χ4n) is 3.86. The Balaban J connectivity index is 1.67. The Kier molecular flexibility index (Phi) is 5.17. The Bertz CT molecular complexity index is 1200. The van der Waals surface area contributed by atoms with E-state index in [9.17, 15) is 19.7 Å². The molecule has 1 aromatic heterocycles. The highest BCUT2D eigenvalue weighted by Gasteiger charge is 2.31. The molecular formula is C21H19ClN4O4. The molecule has 154 valence electrons. The van der Waals surface area contributed by atoms with E-state index in [0.29, 0.717) is 53.4 Å². The Hall–Kier alpha value is -3.39. The second kappa shape index (κ2) is 7.79. The van der Waals surface area contributed by atoms with Gasteiger partial charge < -0.3 is 14.4 Å². The number of pyridine rings is 1. The van der Waals surface area contributed by atoms with Gasteiger partial charge in [-0.2, -0.15) is 0 Å². The van der Waals surface area contributed by atoms with Gasteiger partial charge in [0.2, 0.25) is 0 Å². The van der Waals surface area contributed by atoms with Crippen molar-refractivity contribution in [3.63, 3.8) is 0 Å². The molecule has 9 heteroatoms. The number of hydrogen-bond acceptors (Lipinski definition) is 5. The van der Waals surface area contributed by atoms with Crippen LogP contribution in [0.4, 0.5) is 11.4 Å². The van der Waals surface area contributed by atoms with Gasteiger partial charge >= 0.3 is 11.2 Å². The van der Waals surface area contributed by atoms with Crippen LogP contribution in [0.5, 0.6) is 0 Å². The van der Waals surface area contributed by atoms with Gasteiger partial charge in [0.1, 0.15) is 5.69 Å². The molecule has 1 saturated heterocycles. The zero-order valence-electron chi connectivity index (χ0n) is 16.2. The maximum atomic E-state index is 12.7. The van der Waals surface area contributed by atoms with E-state index in [0.717, 1.165) is 0 Å². The third-order valence-corrected chi connectivity index (χ3v) is 5.66. The molecule has 3 aromatic rings. The van der Waals surface area contributed by atoms with Gasteiger partial charge in [0.25, 0.3) is 5.91 Å². The van der Waals surface area contributed by atoms with Crippen LogP contribution in [0.15, 0.2) is 53.3 Å². The normalized spacial score (nSPS) is 14.2. The molecule has 8 nitrogen and oxygen atoms in total. The summed E-state index contributed by atoms with van der Waals surface area (Å²) in [6.07, 6.45) is 0. The molecule has 2 aromatic carbocycles. The fourth-order valence-corrected chi connectivity index (χ4v) is 3.98. The molecule has 1 amide bonds. The molecular weight excluding hydrogens is 408 g/mol. The van der Waals surface area contributed by atoms with Crippen LogP contribution in [0, 0.1) is 10.1 Å². The highest BCUT2D eigenvalue weighted by molar-refractivity contribution is 6.30. The predicted molar refractivity (Wildman–Crippen MR) is 115 cm³/mol. The molecule has 0 radical (unpaired) electrons. The number of rotatable bonds is 3. The van der Waals surface area contributed by atoms with Crippen molar-refractivity contribution in [3.05, 3.63) is 79.6 Å². The summed E-state index contributed by atoms with van der Waals surface area (Å²) in [4.78, 5) is 40.1. The van der Waals surface area contributed by atoms with Crippen molar-refractivity contribution in [1.82, 2.24) is 9.47 Å². The van der Waals surface area contributed by atoms with E-state index in [-0.39, 0.29) is 5.91 Å². The first-order chi connectivity index (χ1) is 14.4. The van der Waals surface area contributed by atoms with Crippen molar-refractivity contribution < 1.29 is 9.72 Å². The summed E-state index contributed by atoms with van der Waals surface area (Å²) in [6, 6.07) is 13.8. The molecule has 0 aliphatic carbocycles. The lowest BCUT2D eigenvalue weighted by Crippen LogP contribution is -2.49. The fraction of sp³-hybridized carbons (Fsp3) is 0.238. The molecule has 0 bridgehead atoms. The molecule has 0 spiro atoms. The maximum Gasteiger partial charge on any atom is 0.357 e. The van der Waals surface area contributed by atoms with E-state index in [1.807, 2.05) is 4.90 Å². The quantitative estimate of drug-likeness (QED) is 0.474. The Labute approximate surface area is 177 Å². The van der Waals surface area contributed by atoms with Gasteiger partial charge in [-0.3, -0.25) is 19.7 Å². The van der Waals surface area contributed by atoms with Gasteiger partial charge in [-0.05, 0) is 30.3 Å². The molecule has 1 aliphatic heterocycles. The number of amides is 1. The van der Waals surface area contributed by atoms with E-state index in [4.69, 9.17) is 11.6 Å². The summed E-state index contributed by atoms with van der Waals surface area (Å²) in [5.74, 6) is -0.116. The molecule has 0 N–H and O–H groups in total. The summed E-state index contributed by atoms with van der Waals surface area (Å²) >= 11 is 5.89. The minimum Gasteiger partial charge on any atom is -0.362 e. The number of carbonyl (C=O) groups is 1. The van der Waals surface area contributed by atoms with Crippen molar-refractivity contribution in [2.45, 2.75) is 0 Å². The molecule has 1 aliphatic rings. The summed E-state index contributed by atoms with van der Waals surface area (Å²) in [5, 5.41) is 13.0. The van der Waals surface area contributed by atoms with Crippen molar-refractivity contribution in [1.29, 1.82) is 0 Å². The van der Waals surface area contributed by atoms with Crippen molar-refractivity contribution in [2.24, 2.45) is 7.05 Å². The lowest BCUT2D eigenvalue weighted by Gasteiger charge is -2.36. The molecule has 0 unspecified atom stereocenters. The number of piperazine rings is 1. The average Bonchev–Trinajstić information content (AvgIpc) is 2.76. The number of para-hydroxylation sites is 1. The van der Waals surface area contributed by atoms with Crippen LogP contribution in [-0.4, -0.2) is 46.5 Å². The second-order valence-corrected chi connectivity index (χ2v) is 7.56. The monoisotopic (exact) mass is 426 g/mol. The van der Waals surface area contributed by atoms with Gasteiger partial charge in [0.15, 0.2) is 0 Å². The lowest BCUT2D eigenvalue weighted by atomic mass is 10.1. The van der Waals surface area contributed by atoms with Gasteiger partial charge in [0.05, 0.1) is 10.4 Å². The van der Waals surface area contributed by atoms with E-state index in [2.05, 4.69) is 0 Å². The zero-order chi connectivity index (χ0) is 21.4. The maximum absolute atomic E-state index is 12.7. The number of aryl methyl sites for hydroxylation is 1. The number of benzene rings is 2. The number of hydrogen-bond donors (Lipinski definition) is 0. The predicted octanol–water partition coefficient (Wildman–Crippen LogP) is 3.06. The van der Waals surface area contributed by atoms with Crippen LogP contribution in [0.2, 0.25) is 5.02 Å². The van der Waals surface area contributed by atoms with Crippen LogP contribution >= 0.6 is 11.6 Å². The Morgan fingerprint density at radius 2 is 1.67 bits per heavy atom. The van der Waals surface area contributed by atoms with E-state index in [1.165, 1.54) is 11.6 Å². The smallest absolute Gasteiger partial charge is 0.357 e.